The maximum Gasteiger partial charge on any atom is 0.416 e. The molecule has 12 heteroatoms. The maximum absolute atomic E-state index is 13.0. The Morgan fingerprint density at radius 3 is 2.45 bits per heavy atom. The number of hydrogen-bond acceptors (Lipinski definition) is 5. The maximum atomic E-state index is 13.0. The second-order valence-electron chi connectivity index (χ2n) is 6.56. The minimum absolute atomic E-state index is 0.187. The van der Waals surface area contributed by atoms with E-state index in [0.717, 1.165) is 12.1 Å². The van der Waals surface area contributed by atoms with Crippen LogP contribution < -0.4 is 4.72 Å². The van der Waals surface area contributed by atoms with Crippen molar-refractivity contribution < 1.29 is 31.1 Å². The van der Waals surface area contributed by atoms with Crippen LogP contribution in [0.5, 0.6) is 0 Å². The Morgan fingerprint density at radius 2 is 1.84 bits per heavy atom. The van der Waals surface area contributed by atoms with E-state index in [0.29, 0.717) is 37.3 Å². The number of rotatable bonds is 5. The predicted octanol–water partition coefficient (Wildman–Crippen LogP) is 4.35. The molecule has 1 amide bonds. The molecule has 2 aromatic rings. The summed E-state index contributed by atoms with van der Waals surface area (Å²) in [6.45, 7) is 1.52. The second kappa shape index (κ2) is 9.27. The molecule has 31 heavy (non-hydrogen) atoms. The van der Waals surface area contributed by atoms with Gasteiger partial charge in [0.1, 0.15) is 0 Å². The largest absolute Gasteiger partial charge is 0.416 e. The van der Waals surface area contributed by atoms with E-state index in [9.17, 15) is 26.4 Å². The Hall–Kier alpha value is -1.95. The smallest absolute Gasteiger partial charge is 0.378 e. The van der Waals surface area contributed by atoms with Gasteiger partial charge >= 0.3 is 6.18 Å². The van der Waals surface area contributed by atoms with E-state index in [2.05, 4.69) is 4.72 Å². The van der Waals surface area contributed by atoms with Crippen LogP contribution in [0, 0.1) is 0 Å². The van der Waals surface area contributed by atoms with E-state index in [1.165, 1.54) is 30.0 Å². The van der Waals surface area contributed by atoms with Crippen molar-refractivity contribution in [3.63, 3.8) is 0 Å². The first-order chi connectivity index (χ1) is 14.5. The lowest BCUT2D eigenvalue weighted by atomic mass is 10.2. The quantitative estimate of drug-likeness (QED) is 0.625. The van der Waals surface area contributed by atoms with Gasteiger partial charge in [-0.05, 0) is 42.7 Å². The lowest BCUT2D eigenvalue weighted by Gasteiger charge is -2.27. The van der Waals surface area contributed by atoms with Crippen molar-refractivity contribution in [1.82, 2.24) is 4.90 Å². The van der Waals surface area contributed by atoms with Crippen LogP contribution >= 0.6 is 23.4 Å². The Bertz CT molecular complexity index is 1090. The summed E-state index contributed by atoms with van der Waals surface area (Å²) < 4.78 is 72.0. The zero-order valence-electron chi connectivity index (χ0n) is 16.2. The van der Waals surface area contributed by atoms with E-state index in [4.69, 9.17) is 16.3 Å². The van der Waals surface area contributed by atoms with Crippen LogP contribution in [0.1, 0.15) is 15.9 Å². The number of thioether (sulfide) groups is 1. The molecule has 0 saturated carbocycles. The molecule has 1 aliphatic rings. The molecule has 1 N–H and O–H groups in total. The number of nitrogens with zero attached hydrogens (tertiary/aromatic N) is 1. The van der Waals surface area contributed by atoms with Crippen molar-refractivity contribution in [3.05, 3.63) is 52.5 Å². The van der Waals surface area contributed by atoms with Crippen LogP contribution in [0.15, 0.2) is 46.2 Å². The topological polar surface area (TPSA) is 75.7 Å². The SMILES string of the molecule is CSc1ccc(S(=O)(=O)Nc2cc(C(F)(F)F)ccc2Cl)cc1C(=O)N1CCOCC1. The fraction of sp³-hybridized carbons (Fsp3) is 0.316. The van der Waals surface area contributed by atoms with Gasteiger partial charge in [-0.1, -0.05) is 11.6 Å². The Balaban J connectivity index is 1.96. The summed E-state index contributed by atoms with van der Waals surface area (Å²) >= 11 is 7.18. The summed E-state index contributed by atoms with van der Waals surface area (Å²) in [5.74, 6) is -0.346. The lowest BCUT2D eigenvalue weighted by Crippen LogP contribution is -2.41. The first-order valence-electron chi connectivity index (χ1n) is 8.97. The molecule has 1 fully saturated rings. The van der Waals surface area contributed by atoms with Crippen molar-refractivity contribution in [2.24, 2.45) is 0 Å². The number of alkyl halides is 3. The van der Waals surface area contributed by atoms with E-state index in [1.807, 2.05) is 0 Å². The number of anilines is 1. The first-order valence-corrected chi connectivity index (χ1v) is 12.1. The molecular formula is C19H18ClF3N2O4S2. The standard InChI is InChI=1S/C19H18ClF3N2O4S2/c1-30-17-5-3-13(11-14(17)18(26)25-6-8-29-9-7-25)31(27,28)24-16-10-12(19(21,22)23)2-4-15(16)20/h2-5,10-11,24H,6-9H2,1H3. The minimum atomic E-state index is -4.66. The molecule has 0 bridgehead atoms. The average molecular weight is 495 g/mol. The van der Waals surface area contributed by atoms with Gasteiger partial charge in [-0.3, -0.25) is 9.52 Å². The molecule has 1 aliphatic heterocycles. The van der Waals surface area contributed by atoms with E-state index >= 15 is 0 Å². The summed E-state index contributed by atoms with van der Waals surface area (Å²) in [5.41, 5.74) is -1.27. The molecule has 0 radical (unpaired) electrons. The average Bonchev–Trinajstić information content (AvgIpc) is 2.74. The van der Waals surface area contributed by atoms with Gasteiger partial charge < -0.3 is 9.64 Å². The van der Waals surface area contributed by atoms with Gasteiger partial charge in [-0.2, -0.15) is 13.2 Å². The van der Waals surface area contributed by atoms with Gasteiger partial charge in [-0.15, -0.1) is 11.8 Å². The Labute approximate surface area is 186 Å². The van der Waals surface area contributed by atoms with Gasteiger partial charge in [0.25, 0.3) is 15.9 Å². The minimum Gasteiger partial charge on any atom is -0.378 e. The number of halogens is 4. The van der Waals surface area contributed by atoms with Crippen LogP contribution in [-0.2, 0) is 20.9 Å². The summed E-state index contributed by atoms with van der Waals surface area (Å²) in [5, 5.41) is -0.193. The van der Waals surface area contributed by atoms with Crippen LogP contribution in [0.2, 0.25) is 5.02 Å². The molecule has 6 nitrogen and oxygen atoms in total. The molecule has 1 heterocycles. The highest BCUT2D eigenvalue weighted by atomic mass is 35.5. The van der Waals surface area contributed by atoms with Crippen LogP contribution in [0.4, 0.5) is 18.9 Å². The van der Waals surface area contributed by atoms with Gasteiger partial charge in [0.2, 0.25) is 0 Å². The number of ether oxygens (including phenoxy) is 1. The molecule has 3 rings (SSSR count). The fourth-order valence-corrected chi connectivity index (χ4v) is 4.83. The molecule has 0 spiro atoms. The number of carbonyl (C=O) groups is 1. The van der Waals surface area contributed by atoms with E-state index in [-0.39, 0.29) is 21.4 Å². The number of amides is 1. The van der Waals surface area contributed by atoms with Crippen molar-refractivity contribution >= 4 is 45.0 Å². The molecule has 1 saturated heterocycles. The predicted molar refractivity (Wildman–Crippen MR) is 112 cm³/mol. The third-order valence-corrected chi connectivity index (χ3v) is 7.04. The third kappa shape index (κ3) is 5.46. The molecule has 0 aromatic heterocycles. The monoisotopic (exact) mass is 494 g/mol. The number of sulfonamides is 1. The highest BCUT2D eigenvalue weighted by Gasteiger charge is 2.31. The number of carbonyl (C=O) groups excluding carboxylic acids is 1. The zero-order chi connectivity index (χ0) is 22.8. The number of hydrogen-bond donors (Lipinski definition) is 1. The van der Waals surface area contributed by atoms with E-state index in [1.54, 1.807) is 11.2 Å². The van der Waals surface area contributed by atoms with Crippen LogP contribution in [-0.4, -0.2) is 51.8 Å². The van der Waals surface area contributed by atoms with Crippen molar-refractivity contribution in [1.29, 1.82) is 0 Å². The second-order valence-corrected chi connectivity index (χ2v) is 9.50. The zero-order valence-corrected chi connectivity index (χ0v) is 18.6. The summed E-state index contributed by atoms with van der Waals surface area (Å²) in [4.78, 5) is 14.8. The molecule has 0 unspecified atom stereocenters. The molecule has 0 aliphatic carbocycles. The van der Waals surface area contributed by atoms with Gasteiger partial charge in [-0.25, -0.2) is 8.42 Å². The number of benzene rings is 2. The normalized spacial score (nSPS) is 15.1. The molecule has 2 aromatic carbocycles. The van der Waals surface area contributed by atoms with Gasteiger partial charge in [0.05, 0.1) is 39.9 Å². The number of nitrogens with one attached hydrogen (secondary N) is 1. The van der Waals surface area contributed by atoms with Crippen molar-refractivity contribution in [3.8, 4) is 0 Å². The highest BCUT2D eigenvalue weighted by molar-refractivity contribution is 7.98. The summed E-state index contributed by atoms with van der Waals surface area (Å²) in [7, 11) is -4.32. The Morgan fingerprint density at radius 1 is 1.16 bits per heavy atom. The van der Waals surface area contributed by atoms with Gasteiger partial charge in [0, 0.05) is 18.0 Å². The van der Waals surface area contributed by atoms with Crippen molar-refractivity contribution in [2.45, 2.75) is 16.0 Å². The summed E-state index contributed by atoms with van der Waals surface area (Å²) in [6.07, 6.45) is -2.91. The molecule has 168 valence electrons. The van der Waals surface area contributed by atoms with Gasteiger partial charge in [0.15, 0.2) is 0 Å². The van der Waals surface area contributed by atoms with Crippen LogP contribution in [0.3, 0.4) is 0 Å². The van der Waals surface area contributed by atoms with E-state index < -0.39 is 27.5 Å². The summed E-state index contributed by atoms with van der Waals surface area (Å²) in [6, 6.07) is 6.33. The first kappa shape index (κ1) is 23.7. The van der Waals surface area contributed by atoms with Crippen molar-refractivity contribution in [2.75, 3.05) is 37.3 Å². The third-order valence-electron chi connectivity index (χ3n) is 4.55. The lowest BCUT2D eigenvalue weighted by molar-refractivity contribution is -0.137. The molecule has 0 atom stereocenters. The molecular weight excluding hydrogens is 477 g/mol. The van der Waals surface area contributed by atoms with Crippen LogP contribution in [0.25, 0.3) is 0 Å². The fourth-order valence-electron chi connectivity index (χ4n) is 2.94. The highest BCUT2D eigenvalue weighted by Crippen LogP contribution is 2.35. The number of morpholine rings is 1. The Kier molecular flexibility index (Phi) is 7.09.